The summed E-state index contributed by atoms with van der Waals surface area (Å²) in [4.78, 5) is 37.9. The second-order valence-electron chi connectivity index (χ2n) is 8.25. The van der Waals surface area contributed by atoms with E-state index in [0.29, 0.717) is 38.2 Å². The molecule has 0 radical (unpaired) electrons. The molecule has 0 aliphatic carbocycles. The lowest BCUT2D eigenvalue weighted by atomic mass is 9.73. The highest BCUT2D eigenvalue weighted by Gasteiger charge is 2.43. The Morgan fingerprint density at radius 1 is 1.17 bits per heavy atom. The SMILES string of the molecule is Cc1cnc(CN2CC3(CCCN(C(=O)c4ccccc4O)C3)CCC2=O)cn1. The van der Waals surface area contributed by atoms with E-state index in [1.807, 2.05) is 16.7 Å². The van der Waals surface area contributed by atoms with Crippen LogP contribution in [-0.2, 0) is 11.3 Å². The number of carbonyl (C=O) groups excluding carboxylic acids is 2. The summed E-state index contributed by atoms with van der Waals surface area (Å²) in [5.41, 5.74) is 1.85. The molecule has 3 heterocycles. The van der Waals surface area contributed by atoms with E-state index in [1.54, 1.807) is 30.6 Å². The van der Waals surface area contributed by atoms with Crippen molar-refractivity contribution < 1.29 is 14.7 Å². The monoisotopic (exact) mass is 394 g/mol. The maximum atomic E-state index is 13.0. The van der Waals surface area contributed by atoms with Gasteiger partial charge in [-0.3, -0.25) is 19.6 Å². The molecule has 2 amide bonds. The Morgan fingerprint density at radius 3 is 2.76 bits per heavy atom. The highest BCUT2D eigenvalue weighted by atomic mass is 16.3. The van der Waals surface area contributed by atoms with Crippen molar-refractivity contribution in [2.45, 2.75) is 39.2 Å². The van der Waals surface area contributed by atoms with Crippen molar-refractivity contribution in [3.63, 3.8) is 0 Å². The molecule has 1 atom stereocenters. The summed E-state index contributed by atoms with van der Waals surface area (Å²) in [6, 6.07) is 6.67. The van der Waals surface area contributed by atoms with E-state index in [9.17, 15) is 14.7 Å². The van der Waals surface area contributed by atoms with Gasteiger partial charge in [-0.2, -0.15) is 0 Å². The molecule has 2 aliphatic heterocycles. The first kappa shape index (κ1) is 19.4. The van der Waals surface area contributed by atoms with Crippen LogP contribution >= 0.6 is 0 Å². The standard InChI is InChI=1S/C22H26N4O3/c1-16-11-24-17(12-23-16)13-26-15-22(9-7-20(26)28)8-4-10-25(14-22)21(29)18-5-2-3-6-19(18)27/h2-3,5-6,11-12,27H,4,7-10,13-15H2,1H3. The second-order valence-corrected chi connectivity index (χ2v) is 8.25. The van der Waals surface area contributed by atoms with Gasteiger partial charge in [-0.05, 0) is 38.3 Å². The number of carbonyl (C=O) groups is 2. The van der Waals surface area contributed by atoms with E-state index in [2.05, 4.69) is 9.97 Å². The molecule has 29 heavy (non-hydrogen) atoms. The molecule has 4 rings (SSSR count). The molecule has 7 nitrogen and oxygen atoms in total. The lowest BCUT2D eigenvalue weighted by Gasteiger charge is -2.48. The van der Waals surface area contributed by atoms with Gasteiger partial charge in [0.15, 0.2) is 0 Å². The minimum absolute atomic E-state index is 0.00974. The molecule has 152 valence electrons. The van der Waals surface area contributed by atoms with Gasteiger partial charge in [-0.1, -0.05) is 12.1 Å². The van der Waals surface area contributed by atoms with Gasteiger partial charge in [0.2, 0.25) is 5.91 Å². The number of benzene rings is 1. The molecule has 0 bridgehead atoms. The number of hydrogen-bond donors (Lipinski definition) is 1. The number of aromatic nitrogens is 2. The van der Waals surface area contributed by atoms with Gasteiger partial charge in [0, 0.05) is 37.7 Å². The molecule has 2 saturated heterocycles. The van der Waals surface area contributed by atoms with Crippen molar-refractivity contribution in [1.29, 1.82) is 0 Å². The molecule has 1 aromatic carbocycles. The third-order valence-corrected chi connectivity index (χ3v) is 6.02. The van der Waals surface area contributed by atoms with E-state index in [1.165, 1.54) is 6.07 Å². The normalized spacial score (nSPS) is 22.2. The number of phenolic OH excluding ortho intramolecular Hbond substituents is 1. The van der Waals surface area contributed by atoms with Crippen LogP contribution in [-0.4, -0.2) is 56.3 Å². The Morgan fingerprint density at radius 2 is 2.00 bits per heavy atom. The fourth-order valence-corrected chi connectivity index (χ4v) is 4.48. The summed E-state index contributed by atoms with van der Waals surface area (Å²) >= 11 is 0. The summed E-state index contributed by atoms with van der Waals surface area (Å²) in [5, 5.41) is 10.1. The first-order valence-corrected chi connectivity index (χ1v) is 10.1. The predicted molar refractivity (Wildman–Crippen MR) is 107 cm³/mol. The number of phenols is 1. The summed E-state index contributed by atoms with van der Waals surface area (Å²) in [6.07, 6.45) is 6.59. The van der Waals surface area contributed by atoms with Gasteiger partial charge in [-0.15, -0.1) is 0 Å². The Hall–Kier alpha value is -2.96. The van der Waals surface area contributed by atoms with Gasteiger partial charge >= 0.3 is 0 Å². The number of rotatable bonds is 3. The maximum absolute atomic E-state index is 13.0. The smallest absolute Gasteiger partial charge is 0.257 e. The predicted octanol–water partition coefficient (Wildman–Crippen LogP) is 2.54. The first-order chi connectivity index (χ1) is 14.0. The van der Waals surface area contributed by atoms with Crippen LogP contribution in [0.3, 0.4) is 0 Å². The second kappa shape index (κ2) is 7.81. The number of nitrogens with zero attached hydrogens (tertiary/aromatic N) is 4. The molecular weight excluding hydrogens is 368 g/mol. The number of aryl methyl sites for hydroxylation is 1. The van der Waals surface area contributed by atoms with Crippen molar-refractivity contribution >= 4 is 11.8 Å². The van der Waals surface area contributed by atoms with Crippen LogP contribution in [0.4, 0.5) is 0 Å². The Kier molecular flexibility index (Phi) is 5.22. The van der Waals surface area contributed by atoms with Crippen LogP contribution in [0.1, 0.15) is 47.4 Å². The molecule has 0 saturated carbocycles. The molecule has 1 N–H and O–H groups in total. The quantitative estimate of drug-likeness (QED) is 0.865. The van der Waals surface area contributed by atoms with E-state index in [-0.39, 0.29) is 23.0 Å². The van der Waals surface area contributed by atoms with Crippen molar-refractivity contribution in [3.05, 3.63) is 53.6 Å². The summed E-state index contributed by atoms with van der Waals surface area (Å²) in [6.45, 7) is 4.22. The Bertz CT molecular complexity index is 915. The van der Waals surface area contributed by atoms with Crippen molar-refractivity contribution in [2.75, 3.05) is 19.6 Å². The first-order valence-electron chi connectivity index (χ1n) is 10.1. The van der Waals surface area contributed by atoms with Crippen molar-refractivity contribution in [2.24, 2.45) is 5.41 Å². The zero-order valence-electron chi connectivity index (χ0n) is 16.7. The van der Waals surface area contributed by atoms with Crippen LogP contribution in [0.25, 0.3) is 0 Å². The lowest BCUT2D eigenvalue weighted by Crippen LogP contribution is -2.54. The fraction of sp³-hybridized carbons (Fsp3) is 0.455. The summed E-state index contributed by atoms with van der Waals surface area (Å²) < 4.78 is 0. The highest BCUT2D eigenvalue weighted by molar-refractivity contribution is 5.96. The van der Waals surface area contributed by atoms with Crippen molar-refractivity contribution in [1.82, 2.24) is 19.8 Å². The molecular formula is C22H26N4O3. The van der Waals surface area contributed by atoms with Gasteiger partial charge in [-0.25, -0.2) is 0 Å². The number of amides is 2. The van der Waals surface area contributed by atoms with Crippen LogP contribution in [0, 0.1) is 12.3 Å². The maximum Gasteiger partial charge on any atom is 0.257 e. The molecule has 7 heteroatoms. The van der Waals surface area contributed by atoms with Gasteiger partial charge in [0.25, 0.3) is 5.91 Å². The van der Waals surface area contributed by atoms with E-state index < -0.39 is 0 Å². The highest BCUT2D eigenvalue weighted by Crippen LogP contribution is 2.40. The van der Waals surface area contributed by atoms with E-state index >= 15 is 0 Å². The van der Waals surface area contributed by atoms with Gasteiger partial charge in [0.05, 0.1) is 29.7 Å². The largest absolute Gasteiger partial charge is 0.507 e. The fourth-order valence-electron chi connectivity index (χ4n) is 4.48. The molecule has 2 fully saturated rings. The zero-order chi connectivity index (χ0) is 20.4. The minimum Gasteiger partial charge on any atom is -0.507 e. The van der Waals surface area contributed by atoms with Gasteiger partial charge in [0.1, 0.15) is 5.75 Å². The number of para-hydroxylation sites is 1. The third kappa shape index (κ3) is 4.09. The third-order valence-electron chi connectivity index (χ3n) is 6.02. The summed E-state index contributed by atoms with van der Waals surface area (Å²) in [7, 11) is 0. The van der Waals surface area contributed by atoms with Crippen molar-refractivity contribution in [3.8, 4) is 5.75 Å². The topological polar surface area (TPSA) is 86.6 Å². The van der Waals surface area contributed by atoms with Crippen LogP contribution in [0.5, 0.6) is 5.75 Å². The van der Waals surface area contributed by atoms with Crippen LogP contribution in [0.2, 0.25) is 0 Å². The average Bonchev–Trinajstić information content (AvgIpc) is 2.73. The Labute approximate surface area is 170 Å². The molecule has 1 unspecified atom stereocenters. The molecule has 1 aromatic heterocycles. The molecule has 1 spiro atoms. The minimum atomic E-state index is -0.143. The average molecular weight is 394 g/mol. The Balaban J connectivity index is 1.49. The van der Waals surface area contributed by atoms with E-state index in [4.69, 9.17) is 0 Å². The number of aromatic hydroxyl groups is 1. The summed E-state index contributed by atoms with van der Waals surface area (Å²) in [5.74, 6) is -0.00676. The van der Waals surface area contributed by atoms with Gasteiger partial charge < -0.3 is 14.9 Å². The zero-order valence-corrected chi connectivity index (χ0v) is 16.7. The van der Waals surface area contributed by atoms with Crippen LogP contribution < -0.4 is 0 Å². The number of likely N-dealkylation sites (tertiary alicyclic amines) is 2. The van der Waals surface area contributed by atoms with Crippen LogP contribution in [0.15, 0.2) is 36.7 Å². The lowest BCUT2D eigenvalue weighted by molar-refractivity contribution is -0.139. The number of piperidine rings is 2. The molecule has 2 aromatic rings. The van der Waals surface area contributed by atoms with E-state index in [0.717, 1.165) is 30.7 Å². The molecule has 2 aliphatic rings. The number of hydrogen-bond acceptors (Lipinski definition) is 5.